The van der Waals surface area contributed by atoms with E-state index in [4.69, 9.17) is 5.73 Å². The van der Waals surface area contributed by atoms with Crippen LogP contribution < -0.4 is 5.73 Å². The van der Waals surface area contributed by atoms with Gasteiger partial charge >= 0.3 is 0 Å². The van der Waals surface area contributed by atoms with E-state index in [1.165, 1.54) is 0 Å². The predicted octanol–water partition coefficient (Wildman–Crippen LogP) is 1.57. The van der Waals surface area contributed by atoms with Crippen LogP contribution in [0.3, 0.4) is 0 Å². The van der Waals surface area contributed by atoms with Crippen LogP contribution in [-0.2, 0) is 9.84 Å². The zero-order valence-electron chi connectivity index (χ0n) is 10.8. The summed E-state index contributed by atoms with van der Waals surface area (Å²) in [6.45, 7) is 1.86. The molecule has 0 bridgehead atoms. The minimum Gasteiger partial charge on any atom is -0.329 e. The summed E-state index contributed by atoms with van der Waals surface area (Å²) in [6, 6.07) is 8.17. The molecule has 2 rings (SSSR count). The largest absolute Gasteiger partial charge is 0.329 e. The van der Waals surface area contributed by atoms with E-state index < -0.39 is 9.84 Å². The third-order valence-electron chi connectivity index (χ3n) is 3.51. The molecule has 0 saturated carbocycles. The third-order valence-corrected chi connectivity index (χ3v) is 5.75. The van der Waals surface area contributed by atoms with Gasteiger partial charge in [0.2, 0.25) is 0 Å². The van der Waals surface area contributed by atoms with Crippen molar-refractivity contribution >= 4 is 25.8 Å². The van der Waals surface area contributed by atoms with E-state index in [1.807, 2.05) is 24.3 Å². The van der Waals surface area contributed by atoms with Gasteiger partial charge in [0.15, 0.2) is 9.84 Å². The summed E-state index contributed by atoms with van der Waals surface area (Å²) in [5.41, 5.74) is 7.03. The van der Waals surface area contributed by atoms with Crippen LogP contribution in [0.25, 0.3) is 0 Å². The molecule has 2 N–H and O–H groups in total. The molecule has 19 heavy (non-hydrogen) atoms. The number of hydrogen-bond acceptors (Lipinski definition) is 4. The molecular weight excluding hydrogens is 328 g/mol. The van der Waals surface area contributed by atoms with Gasteiger partial charge in [-0.3, -0.25) is 4.90 Å². The van der Waals surface area contributed by atoms with Crippen molar-refractivity contribution in [3.05, 3.63) is 34.3 Å². The number of benzene rings is 1. The Balaban J connectivity index is 2.15. The number of nitrogens with zero attached hydrogens (tertiary/aromatic N) is 1. The first kappa shape index (κ1) is 15.0. The van der Waals surface area contributed by atoms with E-state index >= 15 is 0 Å². The van der Waals surface area contributed by atoms with Gasteiger partial charge in [-0.1, -0.05) is 28.1 Å². The minimum absolute atomic E-state index is 0.0985. The fraction of sp³-hybridized carbons (Fsp3) is 0.538. The molecule has 0 amide bonds. The van der Waals surface area contributed by atoms with E-state index in [1.54, 1.807) is 0 Å². The molecule has 1 heterocycles. The number of nitrogens with two attached hydrogens (primary N) is 1. The van der Waals surface area contributed by atoms with Gasteiger partial charge in [0, 0.05) is 23.6 Å². The van der Waals surface area contributed by atoms with Crippen LogP contribution in [0, 0.1) is 0 Å². The van der Waals surface area contributed by atoms with Crippen LogP contribution in [0.1, 0.15) is 18.0 Å². The molecule has 4 nitrogen and oxygen atoms in total. The Morgan fingerprint density at radius 1 is 1.21 bits per heavy atom. The molecule has 1 atom stereocenters. The molecule has 106 valence electrons. The predicted molar refractivity (Wildman–Crippen MR) is 80.8 cm³/mol. The van der Waals surface area contributed by atoms with Crippen molar-refractivity contribution in [1.82, 2.24) is 4.90 Å². The van der Waals surface area contributed by atoms with Crippen molar-refractivity contribution < 1.29 is 8.42 Å². The lowest BCUT2D eigenvalue weighted by molar-refractivity contribution is 0.218. The first-order chi connectivity index (χ1) is 9.02. The zero-order valence-corrected chi connectivity index (χ0v) is 13.2. The SMILES string of the molecule is NCC(c1ccc(Br)cc1)N1CCCS(=O)(=O)CC1. The van der Waals surface area contributed by atoms with Crippen LogP contribution in [0.5, 0.6) is 0 Å². The first-order valence-electron chi connectivity index (χ1n) is 6.42. The van der Waals surface area contributed by atoms with E-state index in [-0.39, 0.29) is 11.8 Å². The van der Waals surface area contributed by atoms with Crippen molar-refractivity contribution in [1.29, 1.82) is 0 Å². The van der Waals surface area contributed by atoms with Gasteiger partial charge in [0.1, 0.15) is 0 Å². The Morgan fingerprint density at radius 2 is 1.89 bits per heavy atom. The molecule has 1 aromatic carbocycles. The highest BCUT2D eigenvalue weighted by Crippen LogP contribution is 2.23. The standard InChI is InChI=1S/C13H19BrN2O2S/c14-12-4-2-11(3-5-12)13(10-15)16-6-1-8-19(17,18)9-7-16/h2-5,13H,1,6-10,15H2. The van der Waals surface area contributed by atoms with Crippen LogP contribution in [0.2, 0.25) is 0 Å². The summed E-state index contributed by atoms with van der Waals surface area (Å²) in [7, 11) is -2.87. The van der Waals surface area contributed by atoms with Gasteiger partial charge < -0.3 is 5.73 Å². The maximum absolute atomic E-state index is 11.6. The second kappa shape index (κ2) is 6.35. The van der Waals surface area contributed by atoms with Gasteiger partial charge in [-0.25, -0.2) is 8.42 Å². The Kier molecular flexibility index (Phi) is 5.00. The third kappa shape index (κ3) is 4.02. The molecular formula is C13H19BrN2O2S. The molecule has 1 aliphatic heterocycles. The Hall–Kier alpha value is -0.430. The second-order valence-corrected chi connectivity index (χ2v) is 8.06. The molecule has 1 aliphatic rings. The summed E-state index contributed by atoms with van der Waals surface area (Å²) in [5, 5.41) is 0. The summed E-state index contributed by atoms with van der Waals surface area (Å²) in [5.74, 6) is 0.529. The minimum atomic E-state index is -2.87. The topological polar surface area (TPSA) is 63.4 Å². The van der Waals surface area contributed by atoms with Crippen LogP contribution in [0.15, 0.2) is 28.7 Å². The number of hydrogen-bond donors (Lipinski definition) is 1. The van der Waals surface area contributed by atoms with Gasteiger partial charge in [-0.15, -0.1) is 0 Å². The molecule has 0 aromatic heterocycles. The van der Waals surface area contributed by atoms with Gasteiger partial charge in [-0.2, -0.15) is 0 Å². The van der Waals surface area contributed by atoms with Crippen LogP contribution >= 0.6 is 15.9 Å². The molecule has 0 spiro atoms. The molecule has 0 aliphatic carbocycles. The average Bonchev–Trinajstić information content (AvgIpc) is 2.54. The van der Waals surface area contributed by atoms with Crippen molar-refractivity contribution in [2.45, 2.75) is 12.5 Å². The lowest BCUT2D eigenvalue weighted by Gasteiger charge is -2.29. The maximum atomic E-state index is 11.6. The maximum Gasteiger partial charge on any atom is 0.151 e. The lowest BCUT2D eigenvalue weighted by atomic mass is 10.1. The summed E-state index contributed by atoms with van der Waals surface area (Å²) in [4.78, 5) is 2.19. The van der Waals surface area contributed by atoms with Crippen molar-refractivity contribution in [3.8, 4) is 0 Å². The van der Waals surface area contributed by atoms with E-state index in [0.29, 0.717) is 25.3 Å². The van der Waals surface area contributed by atoms with Gasteiger partial charge in [0.05, 0.1) is 11.5 Å². The zero-order chi connectivity index (χ0) is 13.9. The second-order valence-electron chi connectivity index (χ2n) is 4.84. The molecule has 6 heteroatoms. The van der Waals surface area contributed by atoms with Crippen molar-refractivity contribution in [2.24, 2.45) is 5.73 Å². The molecule has 1 unspecified atom stereocenters. The first-order valence-corrected chi connectivity index (χ1v) is 9.03. The Labute approximate surface area is 123 Å². The average molecular weight is 347 g/mol. The summed E-state index contributed by atoms with van der Waals surface area (Å²) < 4.78 is 24.3. The number of rotatable bonds is 3. The normalized spacial score (nSPS) is 21.8. The quantitative estimate of drug-likeness (QED) is 0.902. The smallest absolute Gasteiger partial charge is 0.151 e. The monoisotopic (exact) mass is 346 g/mol. The number of sulfone groups is 1. The van der Waals surface area contributed by atoms with Gasteiger partial charge in [0.25, 0.3) is 0 Å². The summed E-state index contributed by atoms with van der Waals surface area (Å²) in [6.07, 6.45) is 0.690. The Bertz CT molecular complexity index is 516. The molecule has 1 fully saturated rings. The van der Waals surface area contributed by atoms with Crippen molar-refractivity contribution in [3.63, 3.8) is 0 Å². The summed E-state index contributed by atoms with van der Waals surface area (Å²) >= 11 is 3.42. The van der Waals surface area contributed by atoms with E-state index in [0.717, 1.165) is 16.6 Å². The van der Waals surface area contributed by atoms with Crippen molar-refractivity contribution in [2.75, 3.05) is 31.1 Å². The molecule has 0 radical (unpaired) electrons. The van der Waals surface area contributed by atoms with Gasteiger partial charge in [-0.05, 0) is 30.7 Å². The Morgan fingerprint density at radius 3 is 2.53 bits per heavy atom. The number of halogens is 1. The van der Waals surface area contributed by atoms with Crippen LogP contribution in [0.4, 0.5) is 0 Å². The van der Waals surface area contributed by atoms with E-state index in [9.17, 15) is 8.42 Å². The highest BCUT2D eigenvalue weighted by Gasteiger charge is 2.24. The highest BCUT2D eigenvalue weighted by atomic mass is 79.9. The molecule has 1 aromatic rings. The lowest BCUT2D eigenvalue weighted by Crippen LogP contribution is -2.35. The van der Waals surface area contributed by atoms with Crippen LogP contribution in [-0.4, -0.2) is 44.5 Å². The highest BCUT2D eigenvalue weighted by molar-refractivity contribution is 9.10. The van der Waals surface area contributed by atoms with E-state index in [2.05, 4.69) is 20.8 Å². The molecule has 1 saturated heterocycles. The fourth-order valence-electron chi connectivity index (χ4n) is 2.45. The fourth-order valence-corrected chi connectivity index (χ4v) is 4.00.